The van der Waals surface area contributed by atoms with Gasteiger partial charge in [0.25, 0.3) is 5.76 Å². The van der Waals surface area contributed by atoms with E-state index in [4.69, 9.17) is 4.74 Å². The molecule has 7 heteroatoms. The van der Waals surface area contributed by atoms with Crippen LogP contribution in [-0.4, -0.2) is 28.0 Å². The summed E-state index contributed by atoms with van der Waals surface area (Å²) < 4.78 is 29.5. The lowest BCUT2D eigenvalue weighted by atomic mass is 10.2. The van der Waals surface area contributed by atoms with Gasteiger partial charge in [0.2, 0.25) is 0 Å². The van der Waals surface area contributed by atoms with Crippen molar-refractivity contribution in [2.75, 3.05) is 7.11 Å². The summed E-state index contributed by atoms with van der Waals surface area (Å²) in [6.07, 6.45) is 2.93. The Morgan fingerprint density at radius 2 is 2.17 bits per heavy atom. The molecule has 0 aromatic carbocycles. The van der Waals surface area contributed by atoms with E-state index in [-0.39, 0.29) is 5.03 Å². The Bertz CT molecular complexity index is 539. The molecule has 0 N–H and O–H groups in total. The van der Waals surface area contributed by atoms with E-state index in [2.05, 4.69) is 15.2 Å². The molecule has 0 saturated heterocycles. The van der Waals surface area contributed by atoms with E-state index in [0.29, 0.717) is 28.8 Å². The molecule has 94 valence electrons. The highest BCUT2D eigenvalue weighted by atomic mass is 32.2. The second kappa shape index (κ2) is 5.72. The first-order chi connectivity index (χ1) is 8.69. The molecular formula is C11H9F2N3OS. The smallest absolute Gasteiger partial charge is 0.290 e. The standard InChI is InChI=1S/C11H9F2N3OS/c1-17-8-5-9(16-15-6-8)7-2-3-14-10(4-7)18-11(12)13/h2-6,11H,1H3. The second-order valence-electron chi connectivity index (χ2n) is 3.24. The van der Waals surface area contributed by atoms with Crippen LogP contribution in [0.15, 0.2) is 35.6 Å². The maximum absolute atomic E-state index is 12.2. The van der Waals surface area contributed by atoms with E-state index >= 15 is 0 Å². The number of thioether (sulfide) groups is 1. The molecule has 2 aromatic rings. The topological polar surface area (TPSA) is 47.9 Å². The minimum Gasteiger partial charge on any atom is -0.495 e. The predicted molar refractivity (Wildman–Crippen MR) is 63.7 cm³/mol. The molecule has 2 heterocycles. The molecule has 4 nitrogen and oxygen atoms in total. The van der Waals surface area contributed by atoms with Crippen LogP contribution in [0.2, 0.25) is 0 Å². The van der Waals surface area contributed by atoms with Gasteiger partial charge < -0.3 is 4.74 Å². The summed E-state index contributed by atoms with van der Waals surface area (Å²) in [6, 6.07) is 4.90. The van der Waals surface area contributed by atoms with Crippen molar-refractivity contribution in [3.8, 4) is 17.0 Å². The van der Waals surface area contributed by atoms with Crippen LogP contribution in [0.25, 0.3) is 11.3 Å². The average Bonchev–Trinajstić information content (AvgIpc) is 2.38. The van der Waals surface area contributed by atoms with Crippen LogP contribution in [0.3, 0.4) is 0 Å². The van der Waals surface area contributed by atoms with Crippen molar-refractivity contribution in [1.82, 2.24) is 15.2 Å². The Kier molecular flexibility index (Phi) is 4.03. The zero-order valence-corrected chi connectivity index (χ0v) is 10.2. The second-order valence-corrected chi connectivity index (χ2v) is 4.25. The Hall–Kier alpha value is -1.76. The van der Waals surface area contributed by atoms with Gasteiger partial charge in [0.1, 0.15) is 10.8 Å². The first-order valence-corrected chi connectivity index (χ1v) is 5.85. The van der Waals surface area contributed by atoms with Gasteiger partial charge in [0.15, 0.2) is 0 Å². The molecule has 0 aliphatic heterocycles. The first-order valence-electron chi connectivity index (χ1n) is 4.97. The molecule has 0 aliphatic rings. The number of methoxy groups -OCH3 is 1. The highest BCUT2D eigenvalue weighted by Crippen LogP contribution is 2.27. The number of hydrogen-bond donors (Lipinski definition) is 0. The number of aromatic nitrogens is 3. The highest BCUT2D eigenvalue weighted by Gasteiger charge is 2.09. The summed E-state index contributed by atoms with van der Waals surface area (Å²) in [5.41, 5.74) is 1.22. The fraction of sp³-hybridized carbons (Fsp3) is 0.182. The van der Waals surface area contributed by atoms with Gasteiger partial charge in [-0.2, -0.15) is 19.0 Å². The largest absolute Gasteiger partial charge is 0.495 e. The van der Waals surface area contributed by atoms with Crippen molar-refractivity contribution in [3.63, 3.8) is 0 Å². The molecule has 0 saturated carbocycles. The number of rotatable bonds is 4. The van der Waals surface area contributed by atoms with Crippen molar-refractivity contribution in [1.29, 1.82) is 0 Å². The van der Waals surface area contributed by atoms with Crippen LogP contribution in [-0.2, 0) is 0 Å². The zero-order chi connectivity index (χ0) is 13.0. The van der Waals surface area contributed by atoms with Crippen molar-refractivity contribution >= 4 is 11.8 Å². The van der Waals surface area contributed by atoms with E-state index < -0.39 is 5.76 Å². The van der Waals surface area contributed by atoms with E-state index in [9.17, 15) is 8.78 Å². The van der Waals surface area contributed by atoms with Gasteiger partial charge in [-0.25, -0.2) is 4.98 Å². The lowest BCUT2D eigenvalue weighted by Gasteiger charge is -2.04. The van der Waals surface area contributed by atoms with Crippen LogP contribution in [0.1, 0.15) is 0 Å². The predicted octanol–water partition coefficient (Wildman–Crippen LogP) is 2.86. The first kappa shape index (κ1) is 12.7. The molecule has 0 unspecified atom stereocenters. The maximum atomic E-state index is 12.2. The summed E-state index contributed by atoms with van der Waals surface area (Å²) in [4.78, 5) is 3.85. The third-order valence-electron chi connectivity index (χ3n) is 2.11. The molecule has 0 spiro atoms. The number of alkyl halides is 2. The number of pyridine rings is 1. The van der Waals surface area contributed by atoms with Crippen LogP contribution in [0.5, 0.6) is 5.75 Å². The number of halogens is 2. The fourth-order valence-corrected chi connectivity index (χ4v) is 1.83. The number of hydrogen-bond acceptors (Lipinski definition) is 5. The van der Waals surface area contributed by atoms with E-state index in [1.165, 1.54) is 19.5 Å². The molecule has 0 amide bonds. The quantitative estimate of drug-likeness (QED) is 0.799. The molecule has 2 rings (SSSR count). The average molecular weight is 269 g/mol. The zero-order valence-electron chi connectivity index (χ0n) is 9.38. The van der Waals surface area contributed by atoms with E-state index in [1.54, 1.807) is 18.2 Å². The minimum atomic E-state index is -2.50. The molecule has 18 heavy (non-hydrogen) atoms. The minimum absolute atomic E-state index is 0.243. The van der Waals surface area contributed by atoms with Gasteiger partial charge in [-0.05, 0) is 23.9 Å². The molecule has 0 radical (unpaired) electrons. The van der Waals surface area contributed by atoms with Crippen molar-refractivity contribution in [3.05, 3.63) is 30.6 Å². The Balaban J connectivity index is 2.32. The lowest BCUT2D eigenvalue weighted by Crippen LogP contribution is -1.92. The van der Waals surface area contributed by atoms with Gasteiger partial charge in [-0.3, -0.25) is 0 Å². The van der Waals surface area contributed by atoms with Gasteiger partial charge in [-0.15, -0.1) is 0 Å². The van der Waals surface area contributed by atoms with Gasteiger partial charge in [0, 0.05) is 17.8 Å². The van der Waals surface area contributed by atoms with Crippen molar-refractivity contribution < 1.29 is 13.5 Å². The fourth-order valence-electron chi connectivity index (χ4n) is 1.33. The van der Waals surface area contributed by atoms with Crippen LogP contribution in [0.4, 0.5) is 8.78 Å². The lowest BCUT2D eigenvalue weighted by molar-refractivity contribution is 0.252. The Morgan fingerprint density at radius 3 is 2.89 bits per heavy atom. The normalized spacial score (nSPS) is 10.7. The summed E-state index contributed by atoms with van der Waals surface area (Å²) in [5, 5.41) is 7.94. The third-order valence-corrected chi connectivity index (χ3v) is 2.75. The van der Waals surface area contributed by atoms with Crippen molar-refractivity contribution in [2.24, 2.45) is 0 Å². The van der Waals surface area contributed by atoms with Crippen molar-refractivity contribution in [2.45, 2.75) is 10.8 Å². The summed E-state index contributed by atoms with van der Waals surface area (Å²) in [7, 11) is 1.52. The van der Waals surface area contributed by atoms with E-state index in [0.717, 1.165) is 0 Å². The van der Waals surface area contributed by atoms with Gasteiger partial charge in [-0.1, -0.05) is 0 Å². The van der Waals surface area contributed by atoms with Crippen LogP contribution >= 0.6 is 11.8 Å². The molecule has 0 atom stereocenters. The molecule has 0 fully saturated rings. The van der Waals surface area contributed by atoms with Gasteiger partial charge >= 0.3 is 0 Å². The Morgan fingerprint density at radius 1 is 1.33 bits per heavy atom. The number of nitrogens with zero attached hydrogens (tertiary/aromatic N) is 3. The van der Waals surface area contributed by atoms with Gasteiger partial charge in [0.05, 0.1) is 19.0 Å². The summed E-state index contributed by atoms with van der Waals surface area (Å²) in [6.45, 7) is 0. The monoisotopic (exact) mass is 269 g/mol. The van der Waals surface area contributed by atoms with Crippen LogP contribution < -0.4 is 4.74 Å². The third kappa shape index (κ3) is 3.13. The van der Waals surface area contributed by atoms with E-state index in [1.807, 2.05) is 0 Å². The molecule has 0 bridgehead atoms. The summed E-state index contributed by atoms with van der Waals surface area (Å²) >= 11 is 0.393. The maximum Gasteiger partial charge on any atom is 0.290 e. The summed E-state index contributed by atoms with van der Waals surface area (Å²) in [5.74, 6) is -1.94. The van der Waals surface area contributed by atoms with Crippen LogP contribution in [0, 0.1) is 0 Å². The highest BCUT2D eigenvalue weighted by molar-refractivity contribution is 7.99. The molecule has 0 aliphatic carbocycles. The SMILES string of the molecule is COc1cnnc(-c2ccnc(SC(F)F)c2)c1. The number of ether oxygens (including phenoxy) is 1. The molecule has 2 aromatic heterocycles. The molecular weight excluding hydrogens is 260 g/mol. The Labute approximate surface area is 106 Å².